The monoisotopic (exact) mass is 1330 g/mol. The number of benzene rings is 4. The Balaban J connectivity index is 0.792. The Morgan fingerprint density at radius 1 is 0.602 bits per heavy atom. The highest BCUT2D eigenvalue weighted by molar-refractivity contribution is 6.00. The number of anilines is 2. The number of piperazine rings is 2. The average Bonchev–Trinajstić information content (AvgIpc) is 1.57. The van der Waals surface area contributed by atoms with E-state index in [0.29, 0.717) is 123 Å². The molecule has 3 N–H and O–H groups in total. The van der Waals surface area contributed by atoms with Crippen LogP contribution in [0.3, 0.4) is 0 Å². The van der Waals surface area contributed by atoms with Crippen molar-refractivity contribution in [1.82, 2.24) is 68.9 Å². The summed E-state index contributed by atoms with van der Waals surface area (Å²) in [5.74, 6) is 4.57. The number of nitrogens with two attached hydrogens (primary N) is 1. The molecule has 3 unspecified atom stereocenters. The molecule has 0 spiro atoms. The predicted molar refractivity (Wildman–Crippen MR) is 369 cm³/mol. The summed E-state index contributed by atoms with van der Waals surface area (Å²) in [6, 6.07) is 26.6. The van der Waals surface area contributed by atoms with Crippen LogP contribution in [0.5, 0.6) is 23.0 Å². The SMILES string of the molecule is C#CC(CC(C)(C)N1CCN(C2COC2)CC1)C(=O)N1CCC[C@@H](n2nc(-c3ccc(Oc4ccccc4)cc3F)c3c(NC(C(C#C)C(=O)N4CCC[C@@H](n5nc(-c6ccc(Oc7ccccc7)cc6F)c6c(N)ncnc65)C4)C(C)(C)N4CCN(C5COC5)CC4)ncnc32)C1. The van der Waals surface area contributed by atoms with Gasteiger partial charge in [0.15, 0.2) is 11.3 Å². The molecule has 0 radical (unpaired) electrons. The summed E-state index contributed by atoms with van der Waals surface area (Å²) in [6.07, 6.45) is 18.8. The number of amides is 2. The van der Waals surface area contributed by atoms with Gasteiger partial charge in [-0.15, -0.1) is 12.8 Å². The maximum atomic E-state index is 17.3. The van der Waals surface area contributed by atoms with Gasteiger partial charge in [-0.3, -0.25) is 29.2 Å². The molecule has 6 fully saturated rings. The van der Waals surface area contributed by atoms with E-state index in [1.807, 2.05) is 41.3 Å². The van der Waals surface area contributed by atoms with Crippen molar-refractivity contribution in [1.29, 1.82) is 0 Å². The molecule has 24 heteroatoms. The molecule has 0 bridgehead atoms. The topological polar surface area (TPSA) is 216 Å². The van der Waals surface area contributed by atoms with Crippen molar-refractivity contribution in [2.45, 2.75) is 101 Å². The first-order valence-electron chi connectivity index (χ1n) is 34.2. The second-order valence-corrected chi connectivity index (χ2v) is 27.8. The minimum Gasteiger partial charge on any atom is -0.457 e. The van der Waals surface area contributed by atoms with Crippen LogP contribution in [0.15, 0.2) is 110 Å². The third-order valence-electron chi connectivity index (χ3n) is 21.1. The second-order valence-electron chi connectivity index (χ2n) is 27.8. The fraction of sp³-hybridized carbons (Fsp3) is 0.459. The highest BCUT2D eigenvalue weighted by Crippen LogP contribution is 2.42. The summed E-state index contributed by atoms with van der Waals surface area (Å²) >= 11 is 0. The Hall–Kier alpha value is -9.14. The number of fused-ring (bicyclic) bond motifs is 2. The highest BCUT2D eigenvalue weighted by Gasteiger charge is 2.47. The number of carbonyl (C=O) groups is 2. The van der Waals surface area contributed by atoms with E-state index in [-0.39, 0.29) is 70.3 Å². The maximum Gasteiger partial charge on any atom is 0.239 e. The van der Waals surface area contributed by atoms with E-state index < -0.39 is 47.1 Å². The third-order valence-corrected chi connectivity index (χ3v) is 21.1. The number of aromatic nitrogens is 8. The Kier molecular flexibility index (Phi) is 18.9. The van der Waals surface area contributed by atoms with E-state index >= 15 is 13.6 Å². The number of nitrogens with zero attached hydrogens (tertiary/aromatic N) is 14. The Morgan fingerprint density at radius 3 is 1.58 bits per heavy atom. The number of nitrogens with one attached hydrogen (secondary N) is 1. The van der Waals surface area contributed by atoms with Crippen molar-refractivity contribution in [2.24, 2.45) is 11.8 Å². The molecule has 10 heterocycles. The lowest BCUT2D eigenvalue weighted by Gasteiger charge is -2.51. The van der Waals surface area contributed by atoms with E-state index in [0.717, 1.165) is 52.5 Å². The predicted octanol–water partition coefficient (Wildman–Crippen LogP) is 9.03. The first-order valence-corrected chi connectivity index (χ1v) is 34.2. The molecule has 4 aromatic heterocycles. The zero-order chi connectivity index (χ0) is 67.8. The molecule has 5 atom stereocenters. The minimum absolute atomic E-state index is 0.116. The molecule has 0 saturated carbocycles. The van der Waals surface area contributed by atoms with Gasteiger partial charge >= 0.3 is 0 Å². The van der Waals surface area contributed by atoms with Crippen molar-refractivity contribution >= 4 is 45.5 Å². The number of ether oxygens (including phenoxy) is 4. The van der Waals surface area contributed by atoms with E-state index in [2.05, 4.69) is 74.4 Å². The highest BCUT2D eigenvalue weighted by atomic mass is 19.1. The largest absolute Gasteiger partial charge is 0.457 e. The lowest BCUT2D eigenvalue weighted by molar-refractivity contribution is -0.137. The Bertz CT molecular complexity index is 4290. The molecule has 510 valence electrons. The zero-order valence-electron chi connectivity index (χ0n) is 56.0. The van der Waals surface area contributed by atoms with E-state index in [9.17, 15) is 4.79 Å². The quantitative estimate of drug-likeness (QED) is 0.0681. The van der Waals surface area contributed by atoms with Gasteiger partial charge in [0, 0.05) is 113 Å². The van der Waals surface area contributed by atoms with Crippen LogP contribution in [0.25, 0.3) is 44.6 Å². The number of hydrogen-bond donors (Lipinski definition) is 2. The smallest absolute Gasteiger partial charge is 0.239 e. The van der Waals surface area contributed by atoms with Gasteiger partial charge in [0.05, 0.1) is 67.4 Å². The van der Waals surface area contributed by atoms with Crippen molar-refractivity contribution in [3.8, 4) is 70.2 Å². The van der Waals surface area contributed by atoms with Gasteiger partial charge in [-0.25, -0.2) is 38.1 Å². The number of likely N-dealkylation sites (tertiary alicyclic amines) is 2. The van der Waals surface area contributed by atoms with Crippen LogP contribution in [0.2, 0.25) is 0 Å². The van der Waals surface area contributed by atoms with Crippen LogP contribution in [-0.4, -0.2) is 215 Å². The Morgan fingerprint density at radius 2 is 1.09 bits per heavy atom. The molecular formula is C74H84F2N16O6. The van der Waals surface area contributed by atoms with Gasteiger partial charge in [-0.2, -0.15) is 10.2 Å². The van der Waals surface area contributed by atoms with Gasteiger partial charge in [0.25, 0.3) is 0 Å². The zero-order valence-corrected chi connectivity index (χ0v) is 56.0. The van der Waals surface area contributed by atoms with Crippen LogP contribution in [0.4, 0.5) is 20.4 Å². The lowest BCUT2D eigenvalue weighted by Crippen LogP contribution is -2.66. The van der Waals surface area contributed by atoms with Crippen LogP contribution in [0.1, 0.15) is 71.9 Å². The number of rotatable bonds is 20. The molecule has 98 heavy (non-hydrogen) atoms. The second kappa shape index (κ2) is 28.0. The lowest BCUT2D eigenvalue weighted by atomic mass is 9.81. The summed E-state index contributed by atoms with van der Waals surface area (Å²) in [5.41, 5.74) is 6.99. The number of hydrogen-bond acceptors (Lipinski definition) is 18. The molecule has 6 aliphatic heterocycles. The molecule has 8 aromatic rings. The molecule has 2 amide bonds. The first kappa shape index (κ1) is 66.1. The molecule has 6 aliphatic rings. The van der Waals surface area contributed by atoms with Crippen LogP contribution >= 0.6 is 0 Å². The molecule has 14 rings (SSSR count). The molecule has 0 aliphatic carbocycles. The average molecular weight is 1330 g/mol. The van der Waals surface area contributed by atoms with Crippen LogP contribution in [-0.2, 0) is 19.1 Å². The summed E-state index contributed by atoms with van der Waals surface area (Å²) < 4.78 is 60.5. The number of piperidine rings is 2. The fourth-order valence-corrected chi connectivity index (χ4v) is 15.2. The van der Waals surface area contributed by atoms with Crippen LogP contribution in [0, 0.1) is 48.2 Å². The number of halogens is 2. The standard InChI is InChI=1S/C74H84F2N16O6/c1-7-48(39-73(3,4)89-33-29-85(30-34-89)51-42-95-43-51)71(93)87-27-15-17-49(40-87)92-70-63(65(84-92)59-26-24-56(38-61(59)76)98-54-21-13-10-14-22-54)68(79-47-81-70)82-66(74(5,6)90-35-31-86(32-36-90)52-44-96-45-52)57(8-2)72(94)88-28-16-18-50(41-88)91-69-62(67(77)78-46-80-69)64(83-91)58-25-23-55(37-60(58)75)97-53-19-11-9-12-20-53/h1-2,9-14,19-26,37-38,46-52,57,66H,15-18,27-36,39-45H2,3-6H3,(H2,77,78,80)(H,79,81,82)/t48?,49-,50-,57?,66?/m1/s1. The van der Waals surface area contributed by atoms with Crippen molar-refractivity contribution in [3.63, 3.8) is 0 Å². The van der Waals surface area contributed by atoms with E-state index in [4.69, 9.17) is 57.7 Å². The van der Waals surface area contributed by atoms with Gasteiger partial charge < -0.3 is 39.8 Å². The summed E-state index contributed by atoms with van der Waals surface area (Å²) in [4.78, 5) is 63.1. The summed E-state index contributed by atoms with van der Waals surface area (Å²) in [5, 5.41) is 14.9. The number of para-hydroxylation sites is 2. The first-order chi connectivity index (χ1) is 47.5. The molecule has 22 nitrogen and oxygen atoms in total. The van der Waals surface area contributed by atoms with E-state index in [1.165, 1.54) is 24.8 Å². The number of nitrogen functional groups attached to an aromatic ring is 1. The maximum absolute atomic E-state index is 17.3. The van der Waals surface area contributed by atoms with Gasteiger partial charge in [0.2, 0.25) is 11.8 Å². The minimum atomic E-state index is -1.12. The van der Waals surface area contributed by atoms with Gasteiger partial charge in [-0.1, -0.05) is 48.2 Å². The summed E-state index contributed by atoms with van der Waals surface area (Å²) in [6.45, 7) is 19.3. The molecule has 4 aromatic carbocycles. The number of carbonyl (C=O) groups excluding carboxylic acids is 2. The third kappa shape index (κ3) is 13.2. The van der Waals surface area contributed by atoms with Crippen molar-refractivity contribution in [2.75, 3.05) is 116 Å². The van der Waals surface area contributed by atoms with Gasteiger partial charge in [-0.05, 0) is 108 Å². The van der Waals surface area contributed by atoms with Crippen molar-refractivity contribution in [3.05, 3.63) is 121 Å². The fourth-order valence-electron chi connectivity index (χ4n) is 15.2. The molecule has 6 saturated heterocycles. The Labute approximate surface area is 569 Å². The van der Waals surface area contributed by atoms with Gasteiger partial charge in [0.1, 0.15) is 82.1 Å². The summed E-state index contributed by atoms with van der Waals surface area (Å²) in [7, 11) is 0. The van der Waals surface area contributed by atoms with E-state index in [1.54, 1.807) is 62.8 Å². The number of terminal acetylenes is 2. The normalized spacial score (nSPS) is 20.6. The van der Waals surface area contributed by atoms with Crippen molar-refractivity contribution < 1.29 is 37.3 Å². The van der Waals surface area contributed by atoms with Crippen LogP contribution < -0.4 is 20.5 Å². The molecular weight excluding hydrogens is 1250 g/mol.